The Morgan fingerprint density at radius 1 is 1.22 bits per heavy atom. The highest BCUT2D eigenvalue weighted by atomic mass is 16.3. The van der Waals surface area contributed by atoms with Crippen molar-refractivity contribution in [2.45, 2.75) is 32.3 Å². The molecule has 2 aromatic rings. The summed E-state index contributed by atoms with van der Waals surface area (Å²) in [5.74, 6) is 0. The summed E-state index contributed by atoms with van der Waals surface area (Å²) in [6.07, 6.45) is 2.50. The van der Waals surface area contributed by atoms with Gasteiger partial charge in [-0.25, -0.2) is 0 Å². The van der Waals surface area contributed by atoms with Gasteiger partial charge >= 0.3 is 0 Å². The average molecular weight is 239 g/mol. The third kappa shape index (κ3) is 1.93. The van der Waals surface area contributed by atoms with E-state index >= 15 is 0 Å². The van der Waals surface area contributed by atoms with Gasteiger partial charge in [-0.3, -0.25) is 4.98 Å². The van der Waals surface area contributed by atoms with E-state index in [4.69, 9.17) is 0 Å². The van der Waals surface area contributed by atoms with Gasteiger partial charge in [0.1, 0.15) is 0 Å². The first kappa shape index (κ1) is 11.4. The van der Waals surface area contributed by atoms with Gasteiger partial charge in [0.05, 0.1) is 11.8 Å². The first-order valence-corrected chi connectivity index (χ1v) is 6.49. The SMILES string of the molecule is Cc1cc(-c2ccccc2)c2c(n1)C(O)CCC2. The second-order valence-electron chi connectivity index (χ2n) is 4.95. The van der Waals surface area contributed by atoms with Crippen molar-refractivity contribution >= 4 is 0 Å². The lowest BCUT2D eigenvalue weighted by molar-refractivity contribution is 0.151. The van der Waals surface area contributed by atoms with E-state index in [0.717, 1.165) is 30.7 Å². The molecule has 0 amide bonds. The van der Waals surface area contributed by atoms with Crippen molar-refractivity contribution in [2.75, 3.05) is 0 Å². The van der Waals surface area contributed by atoms with Gasteiger partial charge < -0.3 is 5.11 Å². The molecule has 1 aliphatic rings. The van der Waals surface area contributed by atoms with Crippen molar-refractivity contribution in [1.82, 2.24) is 4.98 Å². The first-order valence-electron chi connectivity index (χ1n) is 6.49. The summed E-state index contributed by atoms with van der Waals surface area (Å²) in [6.45, 7) is 1.99. The fourth-order valence-corrected chi connectivity index (χ4v) is 2.75. The molecule has 92 valence electrons. The normalized spacial score (nSPS) is 18.4. The minimum Gasteiger partial charge on any atom is -0.387 e. The average Bonchev–Trinajstić information content (AvgIpc) is 2.40. The predicted octanol–water partition coefficient (Wildman–Crippen LogP) is 3.43. The van der Waals surface area contributed by atoms with Gasteiger partial charge in [0, 0.05) is 5.69 Å². The molecular formula is C16H17NO. The van der Waals surface area contributed by atoms with Gasteiger partial charge in [-0.1, -0.05) is 30.3 Å². The first-order chi connectivity index (χ1) is 8.75. The van der Waals surface area contributed by atoms with Crippen LogP contribution in [0.15, 0.2) is 36.4 Å². The highest BCUT2D eigenvalue weighted by Crippen LogP contribution is 2.35. The Morgan fingerprint density at radius 3 is 2.78 bits per heavy atom. The van der Waals surface area contributed by atoms with Crippen molar-refractivity contribution < 1.29 is 5.11 Å². The maximum Gasteiger partial charge on any atom is 0.0963 e. The Morgan fingerprint density at radius 2 is 2.00 bits per heavy atom. The van der Waals surface area contributed by atoms with E-state index < -0.39 is 6.10 Å². The van der Waals surface area contributed by atoms with Crippen LogP contribution in [0, 0.1) is 6.92 Å². The molecule has 1 aromatic carbocycles. The highest BCUT2D eigenvalue weighted by Gasteiger charge is 2.22. The van der Waals surface area contributed by atoms with E-state index in [2.05, 4.69) is 35.3 Å². The van der Waals surface area contributed by atoms with Crippen LogP contribution in [0.1, 0.15) is 35.9 Å². The van der Waals surface area contributed by atoms with Gasteiger partial charge in [0.15, 0.2) is 0 Å². The number of pyridine rings is 1. The minimum atomic E-state index is -0.392. The summed E-state index contributed by atoms with van der Waals surface area (Å²) < 4.78 is 0. The van der Waals surface area contributed by atoms with Gasteiger partial charge in [-0.15, -0.1) is 0 Å². The van der Waals surface area contributed by atoms with E-state index in [-0.39, 0.29) is 0 Å². The van der Waals surface area contributed by atoms with Crippen molar-refractivity contribution in [3.8, 4) is 11.1 Å². The predicted molar refractivity (Wildman–Crippen MR) is 72.3 cm³/mol. The molecule has 0 bridgehead atoms. The number of nitrogens with zero attached hydrogens (tertiary/aromatic N) is 1. The fraction of sp³-hybridized carbons (Fsp3) is 0.312. The maximum atomic E-state index is 10.1. The molecule has 1 heterocycles. The standard InChI is InChI=1S/C16H17NO/c1-11-10-14(12-6-3-2-4-7-12)13-8-5-9-15(18)16(13)17-11/h2-4,6-7,10,15,18H,5,8-9H2,1H3. The van der Waals surface area contributed by atoms with E-state index in [1.54, 1.807) is 0 Å². The quantitative estimate of drug-likeness (QED) is 0.827. The van der Waals surface area contributed by atoms with Crippen LogP contribution >= 0.6 is 0 Å². The lowest BCUT2D eigenvalue weighted by Gasteiger charge is -2.23. The van der Waals surface area contributed by atoms with Gasteiger partial charge in [-0.2, -0.15) is 0 Å². The van der Waals surface area contributed by atoms with Gasteiger partial charge in [0.2, 0.25) is 0 Å². The molecule has 18 heavy (non-hydrogen) atoms. The molecule has 0 saturated carbocycles. The number of hydrogen-bond donors (Lipinski definition) is 1. The fourth-order valence-electron chi connectivity index (χ4n) is 2.75. The van der Waals surface area contributed by atoms with Crippen molar-refractivity contribution in [1.29, 1.82) is 0 Å². The summed E-state index contributed by atoms with van der Waals surface area (Å²) in [7, 11) is 0. The molecule has 2 nitrogen and oxygen atoms in total. The number of hydrogen-bond acceptors (Lipinski definition) is 2. The maximum absolute atomic E-state index is 10.1. The van der Waals surface area contributed by atoms with E-state index in [0.29, 0.717) is 0 Å². The Hall–Kier alpha value is -1.67. The van der Waals surface area contributed by atoms with Crippen LogP contribution < -0.4 is 0 Å². The monoisotopic (exact) mass is 239 g/mol. The number of aliphatic hydroxyl groups excluding tert-OH is 1. The molecule has 0 fully saturated rings. The van der Waals surface area contributed by atoms with Crippen molar-refractivity contribution in [2.24, 2.45) is 0 Å². The van der Waals surface area contributed by atoms with Crippen LogP contribution in [0.4, 0.5) is 0 Å². The summed E-state index contributed by atoms with van der Waals surface area (Å²) in [4.78, 5) is 4.53. The Kier molecular flexibility index (Phi) is 2.88. The molecule has 1 aromatic heterocycles. The van der Waals surface area contributed by atoms with Gasteiger partial charge in [0.25, 0.3) is 0 Å². The molecule has 0 radical (unpaired) electrons. The zero-order chi connectivity index (χ0) is 12.5. The summed E-state index contributed by atoms with van der Waals surface area (Å²) in [5, 5.41) is 10.1. The zero-order valence-electron chi connectivity index (χ0n) is 10.6. The Balaban J connectivity index is 2.21. The number of fused-ring (bicyclic) bond motifs is 1. The third-order valence-electron chi connectivity index (χ3n) is 3.59. The van der Waals surface area contributed by atoms with Crippen LogP contribution in [0.5, 0.6) is 0 Å². The van der Waals surface area contributed by atoms with E-state index in [1.165, 1.54) is 16.7 Å². The van der Waals surface area contributed by atoms with Crippen LogP contribution in [0.3, 0.4) is 0 Å². The molecule has 0 saturated heterocycles. The highest BCUT2D eigenvalue weighted by molar-refractivity contribution is 5.69. The Labute approximate surface area is 107 Å². The van der Waals surface area contributed by atoms with Crippen molar-refractivity contribution in [3.05, 3.63) is 53.3 Å². The van der Waals surface area contributed by atoms with E-state index in [1.807, 2.05) is 13.0 Å². The van der Waals surface area contributed by atoms with Crippen LogP contribution in [0.25, 0.3) is 11.1 Å². The summed E-state index contributed by atoms with van der Waals surface area (Å²) >= 11 is 0. The lowest BCUT2D eigenvalue weighted by Crippen LogP contribution is -2.13. The second-order valence-corrected chi connectivity index (χ2v) is 4.95. The molecular weight excluding hydrogens is 222 g/mol. The number of aryl methyl sites for hydroxylation is 1. The number of aliphatic hydroxyl groups is 1. The van der Waals surface area contributed by atoms with Crippen LogP contribution in [-0.4, -0.2) is 10.1 Å². The molecule has 1 N–H and O–H groups in total. The molecule has 2 heteroatoms. The second kappa shape index (κ2) is 4.54. The largest absolute Gasteiger partial charge is 0.387 e. The van der Waals surface area contributed by atoms with Gasteiger partial charge in [-0.05, 0) is 48.9 Å². The topological polar surface area (TPSA) is 33.1 Å². The van der Waals surface area contributed by atoms with Crippen molar-refractivity contribution in [3.63, 3.8) is 0 Å². The molecule has 3 rings (SSSR count). The van der Waals surface area contributed by atoms with Crippen LogP contribution in [0.2, 0.25) is 0 Å². The minimum absolute atomic E-state index is 0.392. The molecule has 1 unspecified atom stereocenters. The van der Waals surface area contributed by atoms with Crippen LogP contribution in [-0.2, 0) is 6.42 Å². The number of aromatic nitrogens is 1. The zero-order valence-corrected chi connectivity index (χ0v) is 10.6. The lowest BCUT2D eigenvalue weighted by atomic mass is 9.87. The molecule has 0 aliphatic heterocycles. The summed E-state index contributed by atoms with van der Waals surface area (Å²) in [6, 6.07) is 12.5. The third-order valence-corrected chi connectivity index (χ3v) is 3.59. The smallest absolute Gasteiger partial charge is 0.0963 e. The Bertz CT molecular complexity index is 563. The molecule has 0 spiro atoms. The van der Waals surface area contributed by atoms with E-state index in [9.17, 15) is 5.11 Å². The molecule has 1 aliphatic carbocycles. The number of benzene rings is 1. The number of rotatable bonds is 1. The summed E-state index contributed by atoms with van der Waals surface area (Å²) in [5.41, 5.74) is 5.55. The molecule has 1 atom stereocenters.